The first-order valence-electron chi connectivity index (χ1n) is 6.33. The number of carbonyl (C=O) groups excluding carboxylic acids is 1. The maximum atomic E-state index is 11.5. The van der Waals surface area contributed by atoms with E-state index in [1.54, 1.807) is 36.0 Å². The second-order valence-corrected chi connectivity index (χ2v) is 4.53. The first-order chi connectivity index (χ1) is 9.61. The van der Waals surface area contributed by atoms with E-state index in [2.05, 4.69) is 20.8 Å². The molecule has 0 aliphatic heterocycles. The molecule has 106 valence electrons. The highest BCUT2D eigenvalue weighted by Gasteiger charge is 2.10. The smallest absolute Gasteiger partial charge is 0.251 e. The van der Waals surface area contributed by atoms with Crippen molar-refractivity contribution in [2.45, 2.75) is 26.5 Å². The number of rotatable bonds is 5. The molecule has 1 heterocycles. The van der Waals surface area contributed by atoms with E-state index >= 15 is 0 Å². The summed E-state index contributed by atoms with van der Waals surface area (Å²) in [7, 11) is 1.59. The molecule has 1 aromatic carbocycles. The van der Waals surface area contributed by atoms with E-state index in [4.69, 9.17) is 4.74 Å². The average Bonchev–Trinajstić information content (AvgIpc) is 2.93. The zero-order valence-electron chi connectivity index (χ0n) is 11.7. The van der Waals surface area contributed by atoms with Gasteiger partial charge in [0.05, 0.1) is 6.04 Å². The molecule has 1 amide bonds. The van der Waals surface area contributed by atoms with Gasteiger partial charge in [0.2, 0.25) is 0 Å². The summed E-state index contributed by atoms with van der Waals surface area (Å²) in [6.07, 6.45) is 0. The van der Waals surface area contributed by atoms with E-state index in [9.17, 15) is 4.79 Å². The average molecular weight is 275 g/mol. The van der Waals surface area contributed by atoms with Gasteiger partial charge in [-0.1, -0.05) is 6.07 Å². The van der Waals surface area contributed by atoms with Crippen LogP contribution in [0.15, 0.2) is 24.3 Å². The summed E-state index contributed by atoms with van der Waals surface area (Å²) >= 11 is 0. The lowest BCUT2D eigenvalue weighted by Crippen LogP contribution is -2.17. The lowest BCUT2D eigenvalue weighted by atomic mass is 10.2. The summed E-state index contributed by atoms with van der Waals surface area (Å²) < 4.78 is 7.33. The summed E-state index contributed by atoms with van der Waals surface area (Å²) in [4.78, 5) is 11.5. The molecule has 0 atom stereocenters. The Labute approximate surface area is 116 Å². The summed E-state index contributed by atoms with van der Waals surface area (Å²) in [5.41, 5.74) is 0.549. The third-order valence-electron chi connectivity index (χ3n) is 2.74. The number of benzene rings is 1. The van der Waals surface area contributed by atoms with E-state index in [-0.39, 0.29) is 18.6 Å². The van der Waals surface area contributed by atoms with E-state index < -0.39 is 0 Å². The lowest BCUT2D eigenvalue weighted by molar-refractivity contribution is 0.0962. The van der Waals surface area contributed by atoms with Crippen molar-refractivity contribution in [2.75, 3.05) is 7.05 Å². The summed E-state index contributed by atoms with van der Waals surface area (Å²) in [6, 6.07) is 7.13. The van der Waals surface area contributed by atoms with E-state index in [0.717, 1.165) is 0 Å². The molecule has 0 bridgehead atoms. The molecule has 7 heteroatoms. The Morgan fingerprint density at radius 1 is 1.45 bits per heavy atom. The molecule has 0 fully saturated rings. The number of nitrogens with zero attached hydrogens (tertiary/aromatic N) is 4. The van der Waals surface area contributed by atoms with Crippen LogP contribution in [0.1, 0.15) is 36.1 Å². The Balaban J connectivity index is 2.07. The van der Waals surface area contributed by atoms with Crippen LogP contribution >= 0.6 is 0 Å². The molecule has 0 aliphatic carbocycles. The maximum Gasteiger partial charge on any atom is 0.251 e. The number of aromatic nitrogens is 4. The quantitative estimate of drug-likeness (QED) is 0.886. The third-order valence-corrected chi connectivity index (χ3v) is 2.74. The van der Waals surface area contributed by atoms with Gasteiger partial charge in [-0.3, -0.25) is 4.79 Å². The molecule has 0 saturated heterocycles. The van der Waals surface area contributed by atoms with Crippen molar-refractivity contribution in [2.24, 2.45) is 0 Å². The predicted octanol–water partition coefficient (Wildman–Crippen LogP) is 1.19. The zero-order chi connectivity index (χ0) is 14.5. The van der Waals surface area contributed by atoms with Crippen molar-refractivity contribution in [1.29, 1.82) is 0 Å². The van der Waals surface area contributed by atoms with Crippen molar-refractivity contribution in [3.8, 4) is 5.75 Å². The number of hydrogen-bond acceptors (Lipinski definition) is 5. The topological polar surface area (TPSA) is 81.9 Å². The van der Waals surface area contributed by atoms with Crippen molar-refractivity contribution in [3.63, 3.8) is 0 Å². The lowest BCUT2D eigenvalue weighted by Gasteiger charge is -2.09. The van der Waals surface area contributed by atoms with E-state index in [1.807, 2.05) is 13.8 Å². The normalized spacial score (nSPS) is 10.6. The maximum absolute atomic E-state index is 11.5. The minimum absolute atomic E-state index is 0.150. The van der Waals surface area contributed by atoms with Gasteiger partial charge in [-0.15, -0.1) is 5.10 Å². The standard InChI is InChI=1S/C13H17N5O2/c1-9(2)18-12(15-16-17-18)8-20-11-6-4-5-10(7-11)13(19)14-3/h4-7,9H,8H2,1-3H3,(H,14,19). The molecule has 0 radical (unpaired) electrons. The fourth-order valence-electron chi connectivity index (χ4n) is 1.73. The van der Waals surface area contributed by atoms with Gasteiger partial charge < -0.3 is 10.1 Å². The highest BCUT2D eigenvalue weighted by Crippen LogP contribution is 2.15. The van der Waals surface area contributed by atoms with Crippen LogP contribution in [0.3, 0.4) is 0 Å². The first-order valence-corrected chi connectivity index (χ1v) is 6.33. The molecule has 1 aromatic heterocycles. The van der Waals surface area contributed by atoms with Gasteiger partial charge in [0.25, 0.3) is 5.91 Å². The van der Waals surface area contributed by atoms with Gasteiger partial charge in [0.1, 0.15) is 12.4 Å². The second-order valence-electron chi connectivity index (χ2n) is 4.53. The minimum atomic E-state index is -0.150. The van der Waals surface area contributed by atoms with Crippen LogP contribution in [-0.2, 0) is 6.61 Å². The van der Waals surface area contributed by atoms with E-state index in [0.29, 0.717) is 17.1 Å². The van der Waals surface area contributed by atoms with Gasteiger partial charge in [0, 0.05) is 12.6 Å². The minimum Gasteiger partial charge on any atom is -0.486 e. The van der Waals surface area contributed by atoms with Crippen molar-refractivity contribution in [3.05, 3.63) is 35.7 Å². The highest BCUT2D eigenvalue weighted by atomic mass is 16.5. The van der Waals surface area contributed by atoms with Gasteiger partial charge in [0.15, 0.2) is 5.82 Å². The Morgan fingerprint density at radius 3 is 2.95 bits per heavy atom. The van der Waals surface area contributed by atoms with Crippen LogP contribution in [0, 0.1) is 0 Å². The molecule has 0 aliphatic rings. The summed E-state index contributed by atoms with van der Waals surface area (Å²) in [5, 5.41) is 14.0. The van der Waals surface area contributed by atoms with Gasteiger partial charge in [-0.2, -0.15) is 0 Å². The Bertz CT molecular complexity index is 594. The van der Waals surface area contributed by atoms with Gasteiger partial charge in [-0.25, -0.2) is 4.68 Å². The number of tetrazole rings is 1. The van der Waals surface area contributed by atoms with Crippen LogP contribution < -0.4 is 10.1 Å². The van der Waals surface area contributed by atoms with Crippen LogP contribution in [0.2, 0.25) is 0 Å². The van der Waals surface area contributed by atoms with Crippen molar-refractivity contribution in [1.82, 2.24) is 25.5 Å². The van der Waals surface area contributed by atoms with Gasteiger partial charge in [-0.05, 0) is 42.5 Å². The molecule has 1 N–H and O–H groups in total. The molecule has 7 nitrogen and oxygen atoms in total. The molecule has 0 spiro atoms. The Hall–Kier alpha value is -2.44. The molecule has 0 unspecified atom stereocenters. The second kappa shape index (κ2) is 6.14. The molecule has 2 aromatic rings. The van der Waals surface area contributed by atoms with Gasteiger partial charge >= 0.3 is 0 Å². The zero-order valence-corrected chi connectivity index (χ0v) is 11.7. The van der Waals surface area contributed by atoms with Crippen molar-refractivity contribution < 1.29 is 9.53 Å². The number of nitrogens with one attached hydrogen (secondary N) is 1. The molecule has 20 heavy (non-hydrogen) atoms. The van der Waals surface area contributed by atoms with Crippen LogP contribution in [-0.4, -0.2) is 33.2 Å². The Kier molecular flexibility index (Phi) is 4.29. The number of amides is 1. The molecular weight excluding hydrogens is 258 g/mol. The molecular formula is C13H17N5O2. The van der Waals surface area contributed by atoms with Crippen LogP contribution in [0.25, 0.3) is 0 Å². The van der Waals surface area contributed by atoms with E-state index in [1.165, 1.54) is 0 Å². The molecule has 2 rings (SSSR count). The Morgan fingerprint density at radius 2 is 2.25 bits per heavy atom. The summed E-state index contributed by atoms with van der Waals surface area (Å²) in [6.45, 7) is 4.24. The monoisotopic (exact) mass is 275 g/mol. The van der Waals surface area contributed by atoms with Crippen LogP contribution in [0.4, 0.5) is 0 Å². The SMILES string of the molecule is CNC(=O)c1cccc(OCc2nnnn2C(C)C)c1. The fraction of sp³-hybridized carbons (Fsp3) is 0.385. The predicted molar refractivity (Wildman–Crippen MR) is 72.4 cm³/mol. The first kappa shape index (κ1) is 14.0. The number of carbonyl (C=O) groups is 1. The largest absolute Gasteiger partial charge is 0.486 e. The summed E-state index contributed by atoms with van der Waals surface area (Å²) in [5.74, 6) is 1.09. The number of hydrogen-bond donors (Lipinski definition) is 1. The number of ether oxygens (including phenoxy) is 1. The van der Waals surface area contributed by atoms with Crippen molar-refractivity contribution >= 4 is 5.91 Å². The van der Waals surface area contributed by atoms with Crippen LogP contribution in [0.5, 0.6) is 5.75 Å². The highest BCUT2D eigenvalue weighted by molar-refractivity contribution is 5.94. The fourth-order valence-corrected chi connectivity index (χ4v) is 1.73. The third kappa shape index (κ3) is 3.11. The molecule has 0 saturated carbocycles.